The van der Waals surface area contributed by atoms with Crippen molar-refractivity contribution in [3.8, 4) is 0 Å². The van der Waals surface area contributed by atoms with Gasteiger partial charge in [-0.15, -0.1) is 0 Å². The summed E-state index contributed by atoms with van der Waals surface area (Å²) in [6.45, 7) is 2.55. The molecule has 0 amide bonds. The van der Waals surface area contributed by atoms with E-state index in [1.54, 1.807) is 0 Å². The van der Waals surface area contributed by atoms with Crippen LogP contribution in [0.2, 0.25) is 0 Å². The van der Waals surface area contributed by atoms with Crippen molar-refractivity contribution in [2.24, 2.45) is 0 Å². The maximum Gasteiger partial charge on any atom is 0.311 e. The number of halogens is 1. The second-order valence-electron chi connectivity index (χ2n) is 3.98. The third kappa shape index (κ3) is 3.19. The average molecular weight is 276 g/mol. The molecule has 104 valence electrons. The molecule has 20 heavy (non-hydrogen) atoms. The smallest absolute Gasteiger partial charge is 0.311 e. The van der Waals surface area contributed by atoms with E-state index in [-0.39, 0.29) is 17.3 Å². The number of nitro groups is 1. The Balaban J connectivity index is 2.34. The molecule has 1 heterocycles. The Hall–Kier alpha value is -2.70. The first-order chi connectivity index (χ1) is 9.60. The Morgan fingerprint density at radius 2 is 1.95 bits per heavy atom. The molecule has 0 spiro atoms. The molecule has 0 saturated heterocycles. The summed E-state index contributed by atoms with van der Waals surface area (Å²) in [5.41, 5.74) is 0.381. The molecule has 2 N–H and O–H groups in total. The van der Waals surface area contributed by atoms with Gasteiger partial charge in [-0.1, -0.05) is 0 Å². The van der Waals surface area contributed by atoms with Crippen LogP contribution in [0.3, 0.4) is 0 Å². The fourth-order valence-corrected chi connectivity index (χ4v) is 1.64. The van der Waals surface area contributed by atoms with Gasteiger partial charge in [0, 0.05) is 18.3 Å². The van der Waals surface area contributed by atoms with Gasteiger partial charge < -0.3 is 10.6 Å². The van der Waals surface area contributed by atoms with Crippen LogP contribution in [0, 0.1) is 15.9 Å². The average Bonchev–Trinajstić information content (AvgIpc) is 2.42. The number of hydrogen-bond donors (Lipinski definition) is 2. The third-order valence-electron chi connectivity index (χ3n) is 2.54. The van der Waals surface area contributed by atoms with Crippen LogP contribution in [0.15, 0.2) is 36.4 Å². The highest BCUT2D eigenvalue weighted by molar-refractivity contribution is 5.67. The first kappa shape index (κ1) is 13.7. The first-order valence-electron chi connectivity index (χ1n) is 6.02. The molecule has 1 aromatic carbocycles. The molecular formula is C13H13FN4O2. The van der Waals surface area contributed by atoms with E-state index in [9.17, 15) is 14.5 Å². The molecule has 0 radical (unpaired) electrons. The predicted molar refractivity (Wildman–Crippen MR) is 74.7 cm³/mol. The van der Waals surface area contributed by atoms with E-state index < -0.39 is 4.92 Å². The van der Waals surface area contributed by atoms with E-state index in [1.807, 2.05) is 6.92 Å². The van der Waals surface area contributed by atoms with Crippen LogP contribution < -0.4 is 10.6 Å². The Morgan fingerprint density at radius 1 is 1.25 bits per heavy atom. The second-order valence-corrected chi connectivity index (χ2v) is 3.98. The van der Waals surface area contributed by atoms with Gasteiger partial charge in [0.05, 0.1) is 4.92 Å². The molecule has 0 bridgehead atoms. The Bertz CT molecular complexity index is 616. The number of aromatic nitrogens is 1. The van der Waals surface area contributed by atoms with Crippen molar-refractivity contribution < 1.29 is 9.31 Å². The molecule has 0 aliphatic rings. The largest absolute Gasteiger partial charge is 0.370 e. The molecule has 0 aliphatic carbocycles. The summed E-state index contributed by atoms with van der Waals surface area (Å²) in [6, 6.07) is 8.42. The molecule has 2 rings (SSSR count). The van der Waals surface area contributed by atoms with Crippen LogP contribution in [0.4, 0.5) is 27.4 Å². The van der Waals surface area contributed by atoms with Gasteiger partial charge in [-0.3, -0.25) is 10.1 Å². The Morgan fingerprint density at radius 3 is 2.55 bits per heavy atom. The van der Waals surface area contributed by atoms with Crippen molar-refractivity contribution in [3.63, 3.8) is 0 Å². The van der Waals surface area contributed by atoms with E-state index in [1.165, 1.54) is 36.4 Å². The van der Waals surface area contributed by atoms with Crippen molar-refractivity contribution in [2.45, 2.75) is 6.92 Å². The van der Waals surface area contributed by atoms with Gasteiger partial charge in [0.15, 0.2) is 0 Å². The van der Waals surface area contributed by atoms with Gasteiger partial charge in [-0.2, -0.15) is 0 Å². The van der Waals surface area contributed by atoms with E-state index >= 15 is 0 Å². The highest BCUT2D eigenvalue weighted by Gasteiger charge is 2.16. The number of nitrogens with zero attached hydrogens (tertiary/aromatic N) is 2. The van der Waals surface area contributed by atoms with E-state index in [2.05, 4.69) is 15.6 Å². The van der Waals surface area contributed by atoms with Crippen molar-refractivity contribution in [1.29, 1.82) is 0 Å². The van der Waals surface area contributed by atoms with Crippen molar-refractivity contribution in [3.05, 3.63) is 52.3 Å². The van der Waals surface area contributed by atoms with Gasteiger partial charge >= 0.3 is 5.69 Å². The lowest BCUT2D eigenvalue weighted by Gasteiger charge is -2.08. The number of rotatable bonds is 5. The van der Waals surface area contributed by atoms with Gasteiger partial charge in [0.1, 0.15) is 11.6 Å². The molecular weight excluding hydrogens is 263 g/mol. The summed E-state index contributed by atoms with van der Waals surface area (Å²) in [7, 11) is 0. The highest BCUT2D eigenvalue weighted by atomic mass is 19.1. The molecule has 7 heteroatoms. The maximum absolute atomic E-state index is 12.8. The van der Waals surface area contributed by atoms with Crippen molar-refractivity contribution >= 4 is 23.0 Å². The van der Waals surface area contributed by atoms with Crippen molar-refractivity contribution in [2.75, 3.05) is 17.2 Å². The molecule has 6 nitrogen and oxygen atoms in total. The Labute approximate surface area is 114 Å². The number of pyridine rings is 1. The minimum absolute atomic E-state index is 0.111. The lowest BCUT2D eigenvalue weighted by molar-refractivity contribution is -0.384. The summed E-state index contributed by atoms with van der Waals surface area (Å²) in [6.07, 6.45) is 0. The highest BCUT2D eigenvalue weighted by Crippen LogP contribution is 2.27. The van der Waals surface area contributed by atoms with E-state index in [0.717, 1.165) is 0 Å². The minimum atomic E-state index is -0.519. The van der Waals surface area contributed by atoms with Crippen LogP contribution >= 0.6 is 0 Å². The van der Waals surface area contributed by atoms with E-state index in [4.69, 9.17) is 0 Å². The summed E-state index contributed by atoms with van der Waals surface area (Å²) < 4.78 is 12.8. The van der Waals surface area contributed by atoms with Crippen molar-refractivity contribution in [1.82, 2.24) is 4.98 Å². The van der Waals surface area contributed by atoms with Crippen LogP contribution in [-0.4, -0.2) is 16.5 Å². The summed E-state index contributed by atoms with van der Waals surface area (Å²) in [5, 5.41) is 16.8. The molecule has 0 unspecified atom stereocenters. The number of hydrogen-bond acceptors (Lipinski definition) is 5. The zero-order chi connectivity index (χ0) is 14.5. The molecule has 0 aliphatic heterocycles. The summed E-state index contributed by atoms with van der Waals surface area (Å²) in [4.78, 5) is 14.6. The van der Waals surface area contributed by atoms with Gasteiger partial charge in [-0.05, 0) is 37.3 Å². The first-order valence-corrected chi connectivity index (χ1v) is 6.02. The molecule has 0 saturated carbocycles. The SMILES string of the molecule is CCNc1ccc([N+](=O)[O-])c(Nc2ccc(F)cc2)n1. The van der Waals surface area contributed by atoms with Gasteiger partial charge in [0.2, 0.25) is 5.82 Å². The molecule has 1 aromatic heterocycles. The summed E-state index contributed by atoms with van der Waals surface area (Å²) in [5.74, 6) is 0.266. The topological polar surface area (TPSA) is 80.1 Å². The van der Waals surface area contributed by atoms with Gasteiger partial charge in [0.25, 0.3) is 0 Å². The zero-order valence-electron chi connectivity index (χ0n) is 10.8. The lowest BCUT2D eigenvalue weighted by Crippen LogP contribution is -2.04. The van der Waals surface area contributed by atoms with Crippen LogP contribution in [0.25, 0.3) is 0 Å². The van der Waals surface area contributed by atoms with Crippen LogP contribution in [-0.2, 0) is 0 Å². The third-order valence-corrected chi connectivity index (χ3v) is 2.54. The predicted octanol–water partition coefficient (Wildman–Crippen LogP) is 3.30. The zero-order valence-corrected chi connectivity index (χ0v) is 10.8. The van der Waals surface area contributed by atoms with Crippen LogP contribution in [0.5, 0.6) is 0 Å². The maximum atomic E-state index is 12.8. The summed E-state index contributed by atoms with van der Waals surface area (Å²) >= 11 is 0. The lowest BCUT2D eigenvalue weighted by atomic mass is 10.3. The van der Waals surface area contributed by atoms with E-state index in [0.29, 0.717) is 18.1 Å². The number of benzene rings is 1. The fraction of sp³-hybridized carbons (Fsp3) is 0.154. The fourth-order valence-electron chi connectivity index (χ4n) is 1.64. The minimum Gasteiger partial charge on any atom is -0.370 e. The molecule has 0 fully saturated rings. The standard InChI is InChI=1S/C13H13FN4O2/c1-2-15-12-8-7-11(18(19)20)13(17-12)16-10-5-3-9(14)4-6-10/h3-8H,2H2,1H3,(H2,15,16,17). The van der Waals surface area contributed by atoms with Gasteiger partial charge in [-0.25, -0.2) is 9.37 Å². The Kier molecular flexibility index (Phi) is 4.09. The van der Waals surface area contributed by atoms with Crippen LogP contribution in [0.1, 0.15) is 6.92 Å². The number of nitrogens with one attached hydrogen (secondary N) is 2. The quantitative estimate of drug-likeness (QED) is 0.647. The number of anilines is 3. The monoisotopic (exact) mass is 276 g/mol. The second kappa shape index (κ2) is 5.96. The molecule has 2 aromatic rings. The normalized spacial score (nSPS) is 10.1. The molecule has 0 atom stereocenters.